The number of thioether (sulfide) groups is 1. The van der Waals surface area contributed by atoms with Crippen molar-refractivity contribution >= 4 is 51.7 Å². The van der Waals surface area contributed by atoms with Crippen LogP contribution in [0.4, 0.5) is 5.82 Å². The smallest absolute Gasteiger partial charge is 0.267 e. The zero-order valence-corrected chi connectivity index (χ0v) is 21.5. The average Bonchev–Trinajstić information content (AvgIpc) is 3.14. The van der Waals surface area contributed by atoms with Gasteiger partial charge in [0.05, 0.1) is 17.6 Å². The molecule has 35 heavy (non-hydrogen) atoms. The molecular weight excluding hydrogens is 480 g/mol. The van der Waals surface area contributed by atoms with Gasteiger partial charge in [0.25, 0.3) is 11.5 Å². The molecule has 3 aromatic rings. The fourth-order valence-corrected chi connectivity index (χ4v) is 5.11. The van der Waals surface area contributed by atoms with Crippen LogP contribution in [0.2, 0.25) is 0 Å². The molecule has 0 saturated carbocycles. The largest absolute Gasteiger partial charge is 0.497 e. The molecule has 1 saturated heterocycles. The van der Waals surface area contributed by atoms with Crippen LogP contribution in [0.3, 0.4) is 0 Å². The van der Waals surface area contributed by atoms with Crippen LogP contribution < -0.4 is 15.6 Å². The maximum absolute atomic E-state index is 13.4. The summed E-state index contributed by atoms with van der Waals surface area (Å²) < 4.78 is 7.23. The van der Waals surface area contributed by atoms with E-state index in [0.717, 1.165) is 37.0 Å². The number of thiocarbonyl (C=S) groups is 1. The van der Waals surface area contributed by atoms with Gasteiger partial charge in [0.1, 0.15) is 21.5 Å². The number of fused-ring (bicyclic) bond motifs is 1. The van der Waals surface area contributed by atoms with Gasteiger partial charge in [-0.15, -0.1) is 0 Å². The van der Waals surface area contributed by atoms with Gasteiger partial charge in [0, 0.05) is 19.3 Å². The summed E-state index contributed by atoms with van der Waals surface area (Å²) in [6, 6.07) is 13.0. The molecule has 4 rings (SSSR count). The van der Waals surface area contributed by atoms with E-state index >= 15 is 0 Å². The van der Waals surface area contributed by atoms with Gasteiger partial charge in [0.2, 0.25) is 0 Å². The Kier molecular flexibility index (Phi) is 8.20. The van der Waals surface area contributed by atoms with Crippen LogP contribution in [0.15, 0.2) is 58.4 Å². The third-order valence-corrected chi connectivity index (χ3v) is 7.15. The zero-order valence-electron chi connectivity index (χ0n) is 19.8. The molecule has 1 amide bonds. The Bertz CT molecular complexity index is 1320. The third kappa shape index (κ3) is 5.74. The van der Waals surface area contributed by atoms with Crippen LogP contribution in [-0.2, 0) is 11.3 Å². The van der Waals surface area contributed by atoms with Gasteiger partial charge in [0.15, 0.2) is 0 Å². The highest BCUT2D eigenvalue weighted by atomic mass is 32.2. The van der Waals surface area contributed by atoms with Gasteiger partial charge in [-0.1, -0.05) is 68.4 Å². The van der Waals surface area contributed by atoms with Gasteiger partial charge in [-0.05, 0) is 42.3 Å². The maximum Gasteiger partial charge on any atom is 0.267 e. The Morgan fingerprint density at radius 3 is 2.66 bits per heavy atom. The summed E-state index contributed by atoms with van der Waals surface area (Å²) in [4.78, 5) is 33.2. The number of carbonyl (C=O) groups excluding carboxylic acids is 1. The van der Waals surface area contributed by atoms with E-state index in [0.29, 0.717) is 39.3 Å². The minimum absolute atomic E-state index is 0.157. The number of aromatic nitrogens is 2. The number of methoxy groups -OCH3 is 1. The molecule has 1 fully saturated rings. The first-order valence-corrected chi connectivity index (χ1v) is 12.9. The standard InChI is InChI=1S/C26H28N4O3S2/c1-3-4-5-7-15-30-25(32)21(35-26(30)34)16-20-23(27-17-18-10-12-19(33-2)13-11-18)28-22-9-6-8-14-29(22)24(20)31/h6,8-14,16,27H,3-5,7,15,17H2,1-2H3/b21-16-. The van der Waals surface area contributed by atoms with Crippen LogP contribution in [0.25, 0.3) is 11.7 Å². The predicted molar refractivity (Wildman–Crippen MR) is 146 cm³/mol. The number of hydrogen-bond donors (Lipinski definition) is 1. The fourth-order valence-electron chi connectivity index (χ4n) is 3.82. The summed E-state index contributed by atoms with van der Waals surface area (Å²) in [5, 5.41) is 3.28. The summed E-state index contributed by atoms with van der Waals surface area (Å²) in [5.41, 5.74) is 1.61. The SMILES string of the molecule is CCCCCCN1C(=O)/C(=C/c2c(NCc3ccc(OC)cc3)nc3ccccn3c2=O)SC1=S. The van der Waals surface area contributed by atoms with Crippen LogP contribution in [0.5, 0.6) is 5.75 Å². The third-order valence-electron chi connectivity index (χ3n) is 5.77. The monoisotopic (exact) mass is 508 g/mol. The Morgan fingerprint density at radius 1 is 1.11 bits per heavy atom. The number of amides is 1. The lowest BCUT2D eigenvalue weighted by Gasteiger charge is -2.14. The molecule has 0 unspecified atom stereocenters. The van der Waals surface area contributed by atoms with E-state index in [1.165, 1.54) is 16.2 Å². The molecule has 0 atom stereocenters. The Labute approximate surface area is 214 Å². The molecule has 2 aromatic heterocycles. The second kappa shape index (κ2) is 11.5. The highest BCUT2D eigenvalue weighted by Gasteiger charge is 2.32. The maximum atomic E-state index is 13.4. The normalized spacial score (nSPS) is 14.8. The molecule has 182 valence electrons. The number of hydrogen-bond acceptors (Lipinski definition) is 7. The second-order valence-electron chi connectivity index (χ2n) is 8.20. The van der Waals surface area contributed by atoms with E-state index in [1.54, 1.807) is 36.4 Å². The fraction of sp³-hybridized carbons (Fsp3) is 0.308. The van der Waals surface area contributed by atoms with E-state index in [-0.39, 0.29) is 11.5 Å². The van der Waals surface area contributed by atoms with Crippen LogP contribution in [-0.4, -0.2) is 38.2 Å². The van der Waals surface area contributed by atoms with Crippen LogP contribution in [0, 0.1) is 0 Å². The van der Waals surface area contributed by atoms with Crippen LogP contribution >= 0.6 is 24.0 Å². The van der Waals surface area contributed by atoms with Crippen molar-refractivity contribution in [2.75, 3.05) is 19.0 Å². The molecule has 0 bridgehead atoms. The number of nitrogens with one attached hydrogen (secondary N) is 1. The molecule has 1 aliphatic heterocycles. The summed E-state index contributed by atoms with van der Waals surface area (Å²) >= 11 is 6.70. The minimum Gasteiger partial charge on any atom is -0.497 e. The van der Waals surface area contributed by atoms with Crippen molar-refractivity contribution in [3.05, 3.63) is 75.0 Å². The van der Waals surface area contributed by atoms with E-state index in [4.69, 9.17) is 17.0 Å². The number of pyridine rings is 1. The first kappa shape index (κ1) is 24.9. The number of benzene rings is 1. The number of ether oxygens (including phenoxy) is 1. The van der Waals surface area contributed by atoms with Crippen molar-refractivity contribution in [1.82, 2.24) is 14.3 Å². The molecule has 1 aromatic carbocycles. The molecule has 7 nitrogen and oxygen atoms in total. The number of anilines is 1. The summed E-state index contributed by atoms with van der Waals surface area (Å²) in [7, 11) is 1.62. The first-order valence-electron chi connectivity index (χ1n) is 11.7. The van der Waals surface area contributed by atoms with Gasteiger partial charge in [-0.25, -0.2) is 4.98 Å². The second-order valence-corrected chi connectivity index (χ2v) is 9.88. The van der Waals surface area contributed by atoms with Gasteiger partial charge in [-0.3, -0.25) is 18.9 Å². The van der Waals surface area contributed by atoms with Crippen LogP contribution in [0.1, 0.15) is 43.7 Å². The van der Waals surface area contributed by atoms with E-state index < -0.39 is 0 Å². The molecular formula is C26H28N4O3S2. The topological polar surface area (TPSA) is 75.9 Å². The molecule has 9 heteroatoms. The highest BCUT2D eigenvalue weighted by molar-refractivity contribution is 8.26. The first-order chi connectivity index (χ1) is 17.0. The molecule has 1 N–H and O–H groups in total. The van der Waals surface area contributed by atoms with Crippen molar-refractivity contribution in [1.29, 1.82) is 0 Å². The summed E-state index contributed by atoms with van der Waals surface area (Å²) in [6.45, 7) is 3.21. The lowest BCUT2D eigenvalue weighted by atomic mass is 10.2. The van der Waals surface area contributed by atoms with Crippen molar-refractivity contribution in [3.8, 4) is 5.75 Å². The minimum atomic E-state index is -0.249. The van der Waals surface area contributed by atoms with Crippen molar-refractivity contribution in [2.24, 2.45) is 0 Å². The molecule has 0 aliphatic carbocycles. The Hall–Kier alpha value is -3.17. The van der Waals surface area contributed by atoms with Crippen molar-refractivity contribution < 1.29 is 9.53 Å². The molecule has 3 heterocycles. The number of unbranched alkanes of at least 4 members (excludes halogenated alkanes) is 3. The lowest BCUT2D eigenvalue weighted by molar-refractivity contribution is -0.122. The number of carbonyl (C=O) groups is 1. The quantitative estimate of drug-likeness (QED) is 0.232. The number of rotatable bonds is 10. The van der Waals surface area contributed by atoms with E-state index in [9.17, 15) is 9.59 Å². The molecule has 1 aliphatic rings. The van der Waals surface area contributed by atoms with Gasteiger partial charge < -0.3 is 10.1 Å². The average molecular weight is 509 g/mol. The van der Waals surface area contributed by atoms with Crippen molar-refractivity contribution in [3.63, 3.8) is 0 Å². The molecule has 0 radical (unpaired) electrons. The van der Waals surface area contributed by atoms with Gasteiger partial charge in [-0.2, -0.15) is 0 Å². The number of nitrogens with zero attached hydrogens (tertiary/aromatic N) is 3. The highest BCUT2D eigenvalue weighted by Crippen LogP contribution is 2.33. The Balaban J connectivity index is 1.64. The van der Waals surface area contributed by atoms with E-state index in [1.807, 2.05) is 30.3 Å². The van der Waals surface area contributed by atoms with Crippen molar-refractivity contribution in [2.45, 2.75) is 39.2 Å². The predicted octanol–water partition coefficient (Wildman–Crippen LogP) is 5.10. The zero-order chi connectivity index (χ0) is 24.8. The summed E-state index contributed by atoms with van der Waals surface area (Å²) in [5.74, 6) is 1.04. The van der Waals surface area contributed by atoms with E-state index in [2.05, 4.69) is 17.2 Å². The summed E-state index contributed by atoms with van der Waals surface area (Å²) in [6.07, 6.45) is 7.52. The van der Waals surface area contributed by atoms with Gasteiger partial charge >= 0.3 is 0 Å². The Morgan fingerprint density at radius 2 is 1.91 bits per heavy atom. The lowest BCUT2D eigenvalue weighted by Crippen LogP contribution is -2.29. The molecule has 0 spiro atoms.